The van der Waals surface area contributed by atoms with Gasteiger partial charge in [0.05, 0.1) is 5.69 Å². The first-order valence-corrected chi connectivity index (χ1v) is 8.45. The SMILES string of the molecule is O=C(c1cc(-c2ccccc2)n[nH]1)N1CCN2CCCCC2C1. The van der Waals surface area contributed by atoms with E-state index in [1.807, 2.05) is 41.3 Å². The smallest absolute Gasteiger partial charge is 0.271 e. The summed E-state index contributed by atoms with van der Waals surface area (Å²) in [6, 6.07) is 12.4. The van der Waals surface area contributed by atoms with Gasteiger partial charge in [-0.3, -0.25) is 14.8 Å². The van der Waals surface area contributed by atoms with Crippen molar-refractivity contribution in [3.8, 4) is 11.3 Å². The van der Waals surface area contributed by atoms with E-state index in [1.165, 1.54) is 25.8 Å². The molecule has 1 amide bonds. The Morgan fingerprint density at radius 3 is 2.87 bits per heavy atom. The highest BCUT2D eigenvalue weighted by molar-refractivity contribution is 5.93. The van der Waals surface area contributed by atoms with Crippen LogP contribution in [-0.2, 0) is 0 Å². The Bertz CT molecular complexity index is 681. The zero-order valence-corrected chi connectivity index (χ0v) is 13.2. The number of nitrogens with zero attached hydrogens (tertiary/aromatic N) is 3. The summed E-state index contributed by atoms with van der Waals surface area (Å²) >= 11 is 0. The van der Waals surface area contributed by atoms with E-state index in [4.69, 9.17) is 0 Å². The molecule has 0 aliphatic carbocycles. The molecule has 1 aromatic heterocycles. The van der Waals surface area contributed by atoms with Crippen LogP contribution in [-0.4, -0.2) is 58.1 Å². The van der Waals surface area contributed by atoms with E-state index < -0.39 is 0 Å². The molecule has 2 fully saturated rings. The summed E-state index contributed by atoms with van der Waals surface area (Å²) in [6.45, 7) is 3.85. The van der Waals surface area contributed by atoms with Crippen LogP contribution in [0.4, 0.5) is 0 Å². The molecule has 0 spiro atoms. The number of aromatic nitrogens is 2. The maximum Gasteiger partial charge on any atom is 0.271 e. The number of piperazine rings is 1. The van der Waals surface area contributed by atoms with E-state index in [0.29, 0.717) is 11.7 Å². The number of amides is 1. The Morgan fingerprint density at radius 1 is 1.13 bits per heavy atom. The van der Waals surface area contributed by atoms with Crippen molar-refractivity contribution >= 4 is 5.91 Å². The maximum atomic E-state index is 12.8. The van der Waals surface area contributed by atoms with Gasteiger partial charge in [0.2, 0.25) is 0 Å². The van der Waals surface area contributed by atoms with E-state index in [0.717, 1.165) is 30.9 Å². The summed E-state index contributed by atoms with van der Waals surface area (Å²) in [7, 11) is 0. The molecule has 0 bridgehead atoms. The molecule has 0 radical (unpaired) electrons. The van der Waals surface area contributed by atoms with Crippen molar-refractivity contribution in [3.05, 3.63) is 42.1 Å². The van der Waals surface area contributed by atoms with Gasteiger partial charge in [0.1, 0.15) is 5.69 Å². The van der Waals surface area contributed by atoms with Crippen LogP contribution in [0.15, 0.2) is 36.4 Å². The molecule has 2 aliphatic heterocycles. The lowest BCUT2D eigenvalue weighted by Crippen LogP contribution is -2.56. The van der Waals surface area contributed by atoms with Gasteiger partial charge in [0, 0.05) is 31.2 Å². The molecule has 2 aliphatic rings. The van der Waals surface area contributed by atoms with Crippen LogP contribution in [0.1, 0.15) is 29.8 Å². The van der Waals surface area contributed by atoms with Gasteiger partial charge < -0.3 is 4.90 Å². The summed E-state index contributed by atoms with van der Waals surface area (Å²) < 4.78 is 0. The monoisotopic (exact) mass is 310 g/mol. The second-order valence-electron chi connectivity index (χ2n) is 6.47. The first-order valence-electron chi connectivity index (χ1n) is 8.45. The van der Waals surface area contributed by atoms with Gasteiger partial charge in [0.15, 0.2) is 0 Å². The van der Waals surface area contributed by atoms with E-state index in [1.54, 1.807) is 0 Å². The molecular weight excluding hydrogens is 288 g/mol. The van der Waals surface area contributed by atoms with Gasteiger partial charge in [-0.05, 0) is 25.5 Å². The second kappa shape index (κ2) is 6.16. The average Bonchev–Trinajstić information content (AvgIpc) is 3.11. The molecule has 5 nitrogen and oxygen atoms in total. The molecule has 1 atom stereocenters. The Labute approximate surface area is 136 Å². The fourth-order valence-electron chi connectivity index (χ4n) is 3.70. The zero-order valence-electron chi connectivity index (χ0n) is 13.2. The summed E-state index contributed by atoms with van der Waals surface area (Å²) in [6.07, 6.45) is 3.79. The normalized spacial score (nSPS) is 21.9. The fourth-order valence-corrected chi connectivity index (χ4v) is 3.70. The Hall–Kier alpha value is -2.14. The molecule has 1 N–H and O–H groups in total. The first-order chi connectivity index (χ1) is 11.3. The lowest BCUT2D eigenvalue weighted by atomic mass is 9.99. The number of carbonyl (C=O) groups excluding carboxylic acids is 1. The van der Waals surface area contributed by atoms with E-state index in [-0.39, 0.29) is 5.91 Å². The predicted molar refractivity (Wildman–Crippen MR) is 89.1 cm³/mol. The number of H-pyrrole nitrogens is 1. The predicted octanol–water partition coefficient (Wildman–Crippen LogP) is 2.39. The van der Waals surface area contributed by atoms with Crippen LogP contribution in [0.5, 0.6) is 0 Å². The standard InChI is InChI=1S/C18H22N4O/c23-18(22-11-10-21-9-5-4-8-15(21)13-22)17-12-16(19-20-17)14-6-2-1-3-7-14/h1-3,6-7,12,15H,4-5,8-11,13H2,(H,19,20). The molecule has 1 unspecified atom stereocenters. The molecular formula is C18H22N4O. The van der Waals surface area contributed by atoms with E-state index in [9.17, 15) is 4.79 Å². The van der Waals surface area contributed by atoms with Gasteiger partial charge in [-0.1, -0.05) is 36.8 Å². The van der Waals surface area contributed by atoms with Gasteiger partial charge >= 0.3 is 0 Å². The third-order valence-electron chi connectivity index (χ3n) is 5.00. The van der Waals surface area contributed by atoms with E-state index in [2.05, 4.69) is 15.1 Å². The highest BCUT2D eigenvalue weighted by Gasteiger charge is 2.31. The second-order valence-corrected chi connectivity index (χ2v) is 6.47. The first kappa shape index (κ1) is 14.5. The number of benzene rings is 1. The van der Waals surface area contributed by atoms with Gasteiger partial charge in [-0.15, -0.1) is 0 Å². The van der Waals surface area contributed by atoms with E-state index >= 15 is 0 Å². The zero-order chi connectivity index (χ0) is 15.6. The summed E-state index contributed by atoms with van der Waals surface area (Å²) in [5.41, 5.74) is 2.44. The number of hydrogen-bond acceptors (Lipinski definition) is 3. The molecule has 5 heteroatoms. The number of aromatic amines is 1. The Balaban J connectivity index is 1.48. The number of fused-ring (bicyclic) bond motifs is 1. The van der Waals surface area contributed by atoms with Crippen molar-refractivity contribution in [2.24, 2.45) is 0 Å². The highest BCUT2D eigenvalue weighted by atomic mass is 16.2. The van der Waals surface area contributed by atoms with Crippen LogP contribution >= 0.6 is 0 Å². The van der Waals surface area contributed by atoms with Crippen LogP contribution < -0.4 is 0 Å². The van der Waals surface area contributed by atoms with Crippen molar-refractivity contribution < 1.29 is 4.79 Å². The van der Waals surface area contributed by atoms with Crippen LogP contribution in [0.25, 0.3) is 11.3 Å². The minimum absolute atomic E-state index is 0.0740. The Kier molecular flexibility index (Phi) is 3.87. The lowest BCUT2D eigenvalue weighted by molar-refractivity contribution is 0.0368. The minimum Gasteiger partial charge on any atom is -0.334 e. The topological polar surface area (TPSA) is 52.2 Å². The summed E-state index contributed by atoms with van der Waals surface area (Å²) in [5.74, 6) is 0.0740. The number of hydrogen-bond donors (Lipinski definition) is 1. The van der Waals surface area contributed by atoms with Crippen LogP contribution in [0, 0.1) is 0 Å². The molecule has 120 valence electrons. The molecule has 3 heterocycles. The maximum absolute atomic E-state index is 12.8. The van der Waals surface area contributed by atoms with Crippen molar-refractivity contribution in [1.29, 1.82) is 0 Å². The third kappa shape index (κ3) is 2.88. The number of nitrogens with one attached hydrogen (secondary N) is 1. The lowest BCUT2D eigenvalue weighted by Gasteiger charge is -2.43. The quantitative estimate of drug-likeness (QED) is 0.926. The fraction of sp³-hybridized carbons (Fsp3) is 0.444. The van der Waals surface area contributed by atoms with Crippen LogP contribution in [0.3, 0.4) is 0 Å². The largest absolute Gasteiger partial charge is 0.334 e. The molecule has 0 saturated carbocycles. The molecule has 2 saturated heterocycles. The molecule has 1 aromatic carbocycles. The number of rotatable bonds is 2. The van der Waals surface area contributed by atoms with Crippen molar-refractivity contribution in [2.75, 3.05) is 26.2 Å². The third-order valence-corrected chi connectivity index (χ3v) is 5.00. The van der Waals surface area contributed by atoms with Gasteiger partial charge in [-0.25, -0.2) is 0 Å². The van der Waals surface area contributed by atoms with Gasteiger partial charge in [-0.2, -0.15) is 5.10 Å². The van der Waals surface area contributed by atoms with Crippen LogP contribution in [0.2, 0.25) is 0 Å². The highest BCUT2D eigenvalue weighted by Crippen LogP contribution is 2.23. The van der Waals surface area contributed by atoms with Crippen molar-refractivity contribution in [1.82, 2.24) is 20.0 Å². The Morgan fingerprint density at radius 2 is 2.00 bits per heavy atom. The van der Waals surface area contributed by atoms with Crippen molar-refractivity contribution in [2.45, 2.75) is 25.3 Å². The summed E-state index contributed by atoms with van der Waals surface area (Å²) in [4.78, 5) is 17.3. The van der Waals surface area contributed by atoms with Crippen molar-refractivity contribution in [3.63, 3.8) is 0 Å². The average molecular weight is 310 g/mol. The summed E-state index contributed by atoms with van der Waals surface area (Å²) in [5, 5.41) is 7.22. The molecule has 2 aromatic rings. The molecule has 4 rings (SSSR count). The number of carbonyl (C=O) groups is 1. The molecule has 23 heavy (non-hydrogen) atoms. The minimum atomic E-state index is 0.0740. The number of piperidine rings is 1. The van der Waals surface area contributed by atoms with Gasteiger partial charge in [0.25, 0.3) is 5.91 Å².